The normalized spacial score (nSPS) is 19.9. The van der Waals surface area contributed by atoms with Crippen LogP contribution in [0, 0.1) is 6.92 Å². The van der Waals surface area contributed by atoms with Crippen molar-refractivity contribution in [3.8, 4) is 5.75 Å². The molecule has 1 atom stereocenters. The minimum atomic E-state index is -0.453. The molecule has 3 heterocycles. The van der Waals surface area contributed by atoms with Crippen molar-refractivity contribution in [1.82, 2.24) is 14.8 Å². The molecular weight excluding hydrogens is 428 g/mol. The van der Waals surface area contributed by atoms with Crippen LogP contribution in [0.2, 0.25) is 5.02 Å². The van der Waals surface area contributed by atoms with Crippen LogP contribution in [0.15, 0.2) is 36.5 Å². The number of hydrogen-bond acceptors (Lipinski definition) is 5. The number of nitrogens with one attached hydrogen (secondary N) is 1. The Labute approximate surface area is 193 Å². The lowest BCUT2D eigenvalue weighted by Crippen LogP contribution is -2.51. The van der Waals surface area contributed by atoms with Gasteiger partial charge in [-0.05, 0) is 49.4 Å². The molecule has 2 aliphatic rings. The minimum Gasteiger partial charge on any atom is -0.497 e. The topological polar surface area (TPSA) is 74.8 Å². The number of aryl methyl sites for hydroxylation is 1. The Balaban J connectivity index is 1.36. The molecular formula is C24H29ClN4O3. The summed E-state index contributed by atoms with van der Waals surface area (Å²) in [5.74, 6) is 0.936. The number of carbonyl (C=O) groups is 2. The number of anilines is 1. The molecule has 4 rings (SSSR count). The maximum absolute atomic E-state index is 13.0. The summed E-state index contributed by atoms with van der Waals surface area (Å²) in [5.41, 5.74) is 2.33. The number of pyridine rings is 1. The largest absolute Gasteiger partial charge is 0.497 e. The molecule has 0 bridgehead atoms. The van der Waals surface area contributed by atoms with Crippen LogP contribution < -0.4 is 10.1 Å². The van der Waals surface area contributed by atoms with Crippen molar-refractivity contribution in [2.45, 2.75) is 51.2 Å². The van der Waals surface area contributed by atoms with Crippen LogP contribution in [0.5, 0.6) is 5.75 Å². The van der Waals surface area contributed by atoms with Gasteiger partial charge in [-0.1, -0.05) is 23.7 Å². The number of benzene rings is 1. The maximum atomic E-state index is 13.0. The highest BCUT2D eigenvalue weighted by atomic mass is 35.5. The number of nitrogens with zero attached hydrogens (tertiary/aromatic N) is 3. The van der Waals surface area contributed by atoms with Crippen LogP contribution in [-0.2, 0) is 16.1 Å². The first-order valence-corrected chi connectivity index (χ1v) is 11.4. The Bertz CT molecular complexity index is 991. The fraction of sp³-hybridized carbons (Fsp3) is 0.458. The van der Waals surface area contributed by atoms with Crippen molar-refractivity contribution < 1.29 is 14.3 Å². The van der Waals surface area contributed by atoms with Crippen LogP contribution in [0.25, 0.3) is 0 Å². The van der Waals surface area contributed by atoms with E-state index in [1.165, 1.54) is 5.56 Å². The third kappa shape index (κ3) is 5.05. The predicted molar refractivity (Wildman–Crippen MR) is 124 cm³/mol. The Kier molecular flexibility index (Phi) is 6.96. The Morgan fingerprint density at radius 3 is 2.72 bits per heavy atom. The number of methoxy groups -OCH3 is 1. The Hall–Kier alpha value is -2.64. The summed E-state index contributed by atoms with van der Waals surface area (Å²) in [6.45, 7) is 4.66. The zero-order valence-corrected chi connectivity index (χ0v) is 19.3. The summed E-state index contributed by atoms with van der Waals surface area (Å²) >= 11 is 6.14. The number of halogens is 1. The number of ether oxygens (including phenoxy) is 1. The van der Waals surface area contributed by atoms with Crippen LogP contribution in [0.3, 0.4) is 0 Å². The van der Waals surface area contributed by atoms with Crippen LogP contribution in [0.1, 0.15) is 36.8 Å². The number of hydrogen-bond donors (Lipinski definition) is 1. The van der Waals surface area contributed by atoms with E-state index in [-0.39, 0.29) is 17.9 Å². The molecule has 2 amide bonds. The highest BCUT2D eigenvalue weighted by Crippen LogP contribution is 2.29. The van der Waals surface area contributed by atoms with E-state index in [0.29, 0.717) is 24.4 Å². The van der Waals surface area contributed by atoms with Gasteiger partial charge in [0.05, 0.1) is 7.11 Å². The molecule has 0 unspecified atom stereocenters. The van der Waals surface area contributed by atoms with Gasteiger partial charge < -0.3 is 15.0 Å². The molecule has 0 spiro atoms. The Morgan fingerprint density at radius 2 is 2.00 bits per heavy atom. The van der Waals surface area contributed by atoms with Gasteiger partial charge in [0.15, 0.2) is 0 Å². The van der Waals surface area contributed by atoms with Crippen LogP contribution >= 0.6 is 11.6 Å². The smallest absolute Gasteiger partial charge is 0.248 e. The predicted octanol–water partition coefficient (Wildman–Crippen LogP) is 3.65. The monoisotopic (exact) mass is 456 g/mol. The summed E-state index contributed by atoms with van der Waals surface area (Å²) < 4.78 is 5.19. The molecule has 2 saturated heterocycles. The molecule has 1 N–H and O–H groups in total. The number of aromatic nitrogens is 1. The molecule has 32 heavy (non-hydrogen) atoms. The fourth-order valence-corrected chi connectivity index (χ4v) is 4.77. The maximum Gasteiger partial charge on any atom is 0.248 e. The molecule has 0 radical (unpaired) electrons. The van der Waals surface area contributed by atoms with E-state index >= 15 is 0 Å². The van der Waals surface area contributed by atoms with Crippen molar-refractivity contribution in [3.63, 3.8) is 0 Å². The summed E-state index contributed by atoms with van der Waals surface area (Å²) in [6, 6.07) is 9.18. The van der Waals surface area contributed by atoms with E-state index in [9.17, 15) is 9.59 Å². The van der Waals surface area contributed by atoms with Gasteiger partial charge in [-0.25, -0.2) is 4.98 Å². The van der Waals surface area contributed by atoms with Crippen LogP contribution in [-0.4, -0.2) is 58.9 Å². The molecule has 1 aromatic heterocycles. The zero-order chi connectivity index (χ0) is 22.7. The van der Waals surface area contributed by atoms with E-state index in [0.717, 1.165) is 43.1 Å². The van der Waals surface area contributed by atoms with Crippen LogP contribution in [0.4, 0.5) is 5.82 Å². The Morgan fingerprint density at radius 1 is 1.22 bits per heavy atom. The summed E-state index contributed by atoms with van der Waals surface area (Å²) in [7, 11) is 1.57. The van der Waals surface area contributed by atoms with Gasteiger partial charge in [0, 0.05) is 49.4 Å². The van der Waals surface area contributed by atoms with Crippen molar-refractivity contribution in [2.75, 3.05) is 25.5 Å². The SMILES string of the molecule is COc1ccnc(NC(=O)[C@H]2CCC(=O)N2C2CCN(Cc3ccc(Cl)c(C)c3)CC2)c1. The van der Waals surface area contributed by atoms with Gasteiger partial charge in [0.1, 0.15) is 17.6 Å². The van der Waals surface area contributed by atoms with E-state index in [4.69, 9.17) is 16.3 Å². The third-order valence-corrected chi connectivity index (χ3v) is 6.78. The summed E-state index contributed by atoms with van der Waals surface area (Å²) in [5, 5.41) is 3.64. The average molecular weight is 457 g/mol. The first-order valence-electron chi connectivity index (χ1n) is 11.0. The first-order chi connectivity index (χ1) is 15.4. The standard InChI is InChI=1S/C24H29ClN4O3/c1-16-13-17(3-4-20(16)25)15-28-11-8-18(9-12-28)29-21(5-6-23(29)30)24(31)27-22-14-19(32-2)7-10-26-22/h3-4,7,10,13-14,18,21H,5-6,8-9,11-12,15H2,1-2H3,(H,26,27,31)/t21-/m1/s1. The molecule has 2 aliphatic heterocycles. The number of amides is 2. The third-order valence-electron chi connectivity index (χ3n) is 6.36. The zero-order valence-electron chi connectivity index (χ0n) is 18.5. The molecule has 1 aromatic carbocycles. The van der Waals surface area contributed by atoms with E-state index in [1.54, 1.807) is 25.4 Å². The van der Waals surface area contributed by atoms with E-state index < -0.39 is 6.04 Å². The van der Waals surface area contributed by atoms with E-state index in [1.807, 2.05) is 17.9 Å². The lowest BCUT2D eigenvalue weighted by atomic mass is 10.0. The number of piperidine rings is 1. The van der Waals surface area contributed by atoms with Gasteiger partial charge >= 0.3 is 0 Å². The van der Waals surface area contributed by atoms with Crippen molar-refractivity contribution in [3.05, 3.63) is 52.7 Å². The number of likely N-dealkylation sites (tertiary alicyclic amines) is 2. The molecule has 0 saturated carbocycles. The molecule has 2 aromatic rings. The van der Waals surface area contributed by atoms with Gasteiger partial charge in [-0.2, -0.15) is 0 Å². The molecule has 8 heteroatoms. The molecule has 7 nitrogen and oxygen atoms in total. The fourth-order valence-electron chi connectivity index (χ4n) is 4.65. The lowest BCUT2D eigenvalue weighted by Gasteiger charge is -2.39. The second kappa shape index (κ2) is 9.88. The quantitative estimate of drug-likeness (QED) is 0.718. The van der Waals surface area contributed by atoms with Gasteiger partial charge in [-0.15, -0.1) is 0 Å². The van der Waals surface area contributed by atoms with Crippen molar-refractivity contribution >= 4 is 29.2 Å². The molecule has 2 fully saturated rings. The average Bonchev–Trinajstić information content (AvgIpc) is 3.18. The van der Waals surface area contributed by atoms with Crippen molar-refractivity contribution in [2.24, 2.45) is 0 Å². The second-order valence-corrected chi connectivity index (χ2v) is 8.92. The highest BCUT2D eigenvalue weighted by molar-refractivity contribution is 6.31. The summed E-state index contributed by atoms with van der Waals surface area (Å²) in [4.78, 5) is 34.0. The van der Waals surface area contributed by atoms with Gasteiger partial charge in [-0.3, -0.25) is 14.5 Å². The molecule has 0 aliphatic carbocycles. The first kappa shape index (κ1) is 22.6. The lowest BCUT2D eigenvalue weighted by molar-refractivity contribution is -0.136. The van der Waals surface area contributed by atoms with E-state index in [2.05, 4.69) is 27.3 Å². The van der Waals surface area contributed by atoms with Gasteiger partial charge in [0.2, 0.25) is 11.8 Å². The second-order valence-electron chi connectivity index (χ2n) is 8.52. The molecule has 170 valence electrons. The minimum absolute atomic E-state index is 0.0653. The van der Waals surface area contributed by atoms with Crippen molar-refractivity contribution in [1.29, 1.82) is 0 Å². The summed E-state index contributed by atoms with van der Waals surface area (Å²) in [6.07, 6.45) is 4.26. The number of rotatable bonds is 6. The highest BCUT2D eigenvalue weighted by Gasteiger charge is 2.41. The number of carbonyl (C=O) groups excluding carboxylic acids is 2. The van der Waals surface area contributed by atoms with Gasteiger partial charge in [0.25, 0.3) is 0 Å².